The number of nitrogens with two attached hydrogens (primary N) is 2. The van der Waals surface area contributed by atoms with Crippen molar-refractivity contribution in [3.63, 3.8) is 0 Å². The molecular weight excluding hydrogens is 368 g/mol. The van der Waals surface area contributed by atoms with Crippen molar-refractivity contribution >= 4 is 23.1 Å². The molecule has 8 nitrogen and oxygen atoms in total. The van der Waals surface area contributed by atoms with E-state index in [1.54, 1.807) is 37.4 Å². The van der Waals surface area contributed by atoms with Crippen LogP contribution in [0.15, 0.2) is 36.7 Å². The maximum absolute atomic E-state index is 12.0. The Labute approximate surface area is 169 Å². The lowest BCUT2D eigenvalue weighted by molar-refractivity contribution is -0.129. The van der Waals surface area contributed by atoms with Gasteiger partial charge in [-0.05, 0) is 25.0 Å². The lowest BCUT2D eigenvalue weighted by Crippen LogP contribution is -2.29. The fourth-order valence-corrected chi connectivity index (χ4v) is 3.73. The molecule has 1 aromatic carbocycles. The summed E-state index contributed by atoms with van der Waals surface area (Å²) >= 11 is 0. The molecule has 0 aliphatic carbocycles. The van der Waals surface area contributed by atoms with Crippen molar-refractivity contribution in [3.05, 3.63) is 48.0 Å². The summed E-state index contributed by atoms with van der Waals surface area (Å²) in [5.41, 5.74) is 14.1. The Morgan fingerprint density at radius 3 is 2.48 bits per heavy atom. The lowest BCUT2D eigenvalue weighted by atomic mass is 10.1. The molecule has 152 valence electrons. The Bertz CT molecular complexity index is 1040. The van der Waals surface area contributed by atoms with E-state index in [2.05, 4.69) is 4.98 Å². The number of fused-ring (bicyclic) bond motifs is 1. The molecule has 1 fully saturated rings. The fraction of sp³-hybridized carbons (Fsp3) is 0.333. The highest BCUT2D eigenvalue weighted by Crippen LogP contribution is 2.36. The molecule has 0 spiro atoms. The minimum Gasteiger partial charge on any atom is -0.382 e. The van der Waals surface area contributed by atoms with Crippen molar-refractivity contribution in [3.8, 4) is 11.3 Å². The van der Waals surface area contributed by atoms with E-state index in [1.807, 2.05) is 29.3 Å². The molecule has 1 saturated heterocycles. The Hall–Kier alpha value is -3.42. The van der Waals surface area contributed by atoms with E-state index in [0.717, 1.165) is 30.8 Å². The predicted octanol–water partition coefficient (Wildman–Crippen LogP) is 2.79. The van der Waals surface area contributed by atoms with Gasteiger partial charge in [-0.15, -0.1) is 0 Å². The van der Waals surface area contributed by atoms with Gasteiger partial charge in [0.25, 0.3) is 0 Å². The van der Waals surface area contributed by atoms with E-state index >= 15 is 0 Å². The van der Waals surface area contributed by atoms with E-state index in [1.165, 1.54) is 0 Å². The average molecular weight is 394 g/mol. The van der Waals surface area contributed by atoms with Crippen molar-refractivity contribution in [2.24, 2.45) is 5.73 Å². The van der Waals surface area contributed by atoms with Crippen molar-refractivity contribution in [2.45, 2.75) is 39.7 Å². The van der Waals surface area contributed by atoms with Gasteiger partial charge in [0.2, 0.25) is 11.8 Å². The van der Waals surface area contributed by atoms with Gasteiger partial charge in [0, 0.05) is 37.0 Å². The average Bonchev–Trinajstić information content (AvgIpc) is 3.35. The number of nitrogen functional groups attached to an aromatic ring is 1. The van der Waals surface area contributed by atoms with Crippen LogP contribution in [0.2, 0.25) is 0 Å². The zero-order valence-corrected chi connectivity index (χ0v) is 16.9. The highest BCUT2D eigenvalue weighted by atomic mass is 16.2. The van der Waals surface area contributed by atoms with E-state index in [9.17, 15) is 9.59 Å². The molecule has 2 aromatic heterocycles. The van der Waals surface area contributed by atoms with E-state index in [4.69, 9.17) is 16.5 Å². The molecular formula is C21H26N6O2. The molecule has 0 unspecified atom stereocenters. The number of hydrogen-bond donors (Lipinski definition) is 2. The maximum atomic E-state index is 12.0. The lowest BCUT2D eigenvalue weighted by Gasteiger charge is -2.22. The van der Waals surface area contributed by atoms with E-state index in [-0.39, 0.29) is 11.9 Å². The number of primary amides is 1. The number of carbonyl (C=O) groups is 2. The topological polar surface area (TPSA) is 120 Å². The standard InChI is InChI=1S/C19H20N6O2.C2H6/c1-11(26)24-9-2-3-14(24)19-23-15(16-17(20)22-8-10-25(16)19)12-4-6-13(7-5-12)18(21)27;1-2/h4-8,10,14H,2-3,9H2,1H3,(H2,20,22)(H2,21,27);1-2H3/t14-;/m0./s1. The Morgan fingerprint density at radius 1 is 1.17 bits per heavy atom. The summed E-state index contributed by atoms with van der Waals surface area (Å²) in [6.45, 7) is 6.30. The number of rotatable bonds is 3. The zero-order valence-electron chi connectivity index (χ0n) is 16.9. The summed E-state index contributed by atoms with van der Waals surface area (Å²) < 4.78 is 1.91. The first-order valence-corrected chi connectivity index (χ1v) is 9.77. The highest BCUT2D eigenvalue weighted by Gasteiger charge is 2.32. The molecule has 1 aliphatic heterocycles. The van der Waals surface area contributed by atoms with Crippen LogP contribution in [0.1, 0.15) is 55.8 Å². The Balaban J connectivity index is 0.00000117. The smallest absolute Gasteiger partial charge is 0.248 e. The maximum Gasteiger partial charge on any atom is 0.248 e. The molecule has 3 heterocycles. The summed E-state index contributed by atoms with van der Waals surface area (Å²) in [6.07, 6.45) is 5.22. The van der Waals surface area contributed by atoms with Gasteiger partial charge < -0.3 is 16.4 Å². The predicted molar refractivity (Wildman–Crippen MR) is 112 cm³/mol. The quantitative estimate of drug-likeness (QED) is 0.708. The summed E-state index contributed by atoms with van der Waals surface area (Å²) in [4.78, 5) is 34.2. The zero-order chi connectivity index (χ0) is 21.1. The molecule has 0 bridgehead atoms. The molecule has 0 radical (unpaired) electrons. The number of amides is 2. The molecule has 29 heavy (non-hydrogen) atoms. The van der Waals surface area contributed by atoms with Gasteiger partial charge in [-0.1, -0.05) is 26.0 Å². The largest absolute Gasteiger partial charge is 0.382 e. The van der Waals surface area contributed by atoms with Crippen LogP contribution < -0.4 is 11.5 Å². The molecule has 2 amide bonds. The summed E-state index contributed by atoms with van der Waals surface area (Å²) in [6, 6.07) is 6.79. The van der Waals surface area contributed by atoms with Gasteiger partial charge in [0.1, 0.15) is 22.9 Å². The summed E-state index contributed by atoms with van der Waals surface area (Å²) in [7, 11) is 0. The molecule has 8 heteroatoms. The summed E-state index contributed by atoms with van der Waals surface area (Å²) in [5, 5.41) is 0. The number of imidazole rings is 1. The van der Waals surface area contributed by atoms with Crippen LogP contribution in [0.4, 0.5) is 5.82 Å². The third-order valence-corrected chi connectivity index (χ3v) is 5.01. The second-order valence-corrected chi connectivity index (χ2v) is 6.66. The number of nitrogens with zero attached hydrogens (tertiary/aromatic N) is 4. The number of aromatic nitrogens is 3. The molecule has 4 N–H and O–H groups in total. The highest BCUT2D eigenvalue weighted by molar-refractivity contribution is 5.94. The van der Waals surface area contributed by atoms with Crippen LogP contribution in [-0.2, 0) is 4.79 Å². The SMILES string of the molecule is CC.CC(=O)N1CCC[C@H]1c1nc(-c2ccc(C(N)=O)cc2)c2c(N)nccn12. The number of likely N-dealkylation sites (tertiary alicyclic amines) is 1. The minimum absolute atomic E-state index is 0.0311. The van der Waals surface area contributed by atoms with Crippen LogP contribution in [0.25, 0.3) is 16.8 Å². The van der Waals surface area contributed by atoms with E-state index in [0.29, 0.717) is 22.6 Å². The van der Waals surface area contributed by atoms with Crippen LogP contribution in [0, 0.1) is 0 Å². The van der Waals surface area contributed by atoms with E-state index < -0.39 is 5.91 Å². The van der Waals surface area contributed by atoms with Crippen LogP contribution in [0.3, 0.4) is 0 Å². The molecule has 3 aromatic rings. The third kappa shape index (κ3) is 3.65. The summed E-state index contributed by atoms with van der Waals surface area (Å²) in [5.74, 6) is 0.670. The van der Waals surface area contributed by atoms with Crippen molar-refractivity contribution in [2.75, 3.05) is 12.3 Å². The van der Waals surface area contributed by atoms with Crippen LogP contribution >= 0.6 is 0 Å². The first kappa shape index (κ1) is 20.3. The van der Waals surface area contributed by atoms with Gasteiger partial charge in [-0.3, -0.25) is 14.0 Å². The molecule has 0 saturated carbocycles. The van der Waals surface area contributed by atoms with Crippen LogP contribution in [-0.4, -0.2) is 37.6 Å². The Kier molecular flexibility index (Phi) is 5.81. The molecule has 1 aliphatic rings. The van der Waals surface area contributed by atoms with Gasteiger partial charge in [0.15, 0.2) is 0 Å². The Morgan fingerprint density at radius 2 is 1.86 bits per heavy atom. The van der Waals surface area contributed by atoms with Crippen molar-refractivity contribution < 1.29 is 9.59 Å². The van der Waals surface area contributed by atoms with Crippen molar-refractivity contribution in [1.29, 1.82) is 0 Å². The van der Waals surface area contributed by atoms with Crippen LogP contribution in [0.5, 0.6) is 0 Å². The molecule has 4 rings (SSSR count). The van der Waals surface area contributed by atoms with Gasteiger partial charge >= 0.3 is 0 Å². The molecule has 1 atom stereocenters. The monoisotopic (exact) mass is 394 g/mol. The fourth-order valence-electron chi connectivity index (χ4n) is 3.73. The normalized spacial score (nSPS) is 15.8. The second kappa shape index (κ2) is 8.30. The number of benzene rings is 1. The van der Waals surface area contributed by atoms with Gasteiger partial charge in [-0.25, -0.2) is 9.97 Å². The third-order valence-electron chi connectivity index (χ3n) is 5.01. The second-order valence-electron chi connectivity index (χ2n) is 6.66. The first-order chi connectivity index (χ1) is 14.0. The number of carbonyl (C=O) groups excluding carboxylic acids is 2. The van der Waals surface area contributed by atoms with Crippen molar-refractivity contribution in [1.82, 2.24) is 19.3 Å². The first-order valence-electron chi connectivity index (χ1n) is 9.77. The van der Waals surface area contributed by atoms with Gasteiger partial charge in [0.05, 0.1) is 6.04 Å². The number of hydrogen-bond acceptors (Lipinski definition) is 5. The van der Waals surface area contributed by atoms with Gasteiger partial charge in [-0.2, -0.15) is 0 Å². The number of anilines is 1. The minimum atomic E-state index is -0.485.